The summed E-state index contributed by atoms with van der Waals surface area (Å²) in [4.78, 5) is 0. The van der Waals surface area contributed by atoms with Crippen LogP contribution in [0.3, 0.4) is 0 Å². The van der Waals surface area contributed by atoms with E-state index in [4.69, 9.17) is 0 Å². The van der Waals surface area contributed by atoms with Crippen LogP contribution < -0.4 is 0 Å². The Morgan fingerprint density at radius 3 is 2.35 bits per heavy atom. The number of phenols is 1. The Kier molecular flexibility index (Phi) is 4.74. The van der Waals surface area contributed by atoms with Gasteiger partial charge >= 0.3 is 0 Å². The van der Waals surface area contributed by atoms with Gasteiger partial charge < -0.3 is 10.2 Å². The molecular weight excluding hydrogens is 248 g/mol. The van der Waals surface area contributed by atoms with Gasteiger partial charge in [0, 0.05) is 0 Å². The van der Waals surface area contributed by atoms with Gasteiger partial charge in [0.05, 0.1) is 6.10 Å². The average Bonchev–Trinajstić information content (AvgIpc) is 2.38. The van der Waals surface area contributed by atoms with Crippen molar-refractivity contribution in [3.63, 3.8) is 0 Å². The molecule has 1 aromatic carbocycles. The van der Waals surface area contributed by atoms with Gasteiger partial charge in [0.15, 0.2) is 0 Å². The van der Waals surface area contributed by atoms with Crippen molar-refractivity contribution in [2.75, 3.05) is 0 Å². The Hall–Kier alpha value is -1.02. The molecule has 2 nitrogen and oxygen atoms in total. The van der Waals surface area contributed by atoms with E-state index >= 15 is 0 Å². The van der Waals surface area contributed by atoms with Crippen molar-refractivity contribution in [2.24, 2.45) is 17.3 Å². The zero-order chi connectivity index (χ0) is 14.8. The Morgan fingerprint density at radius 1 is 1.15 bits per heavy atom. The fourth-order valence-electron chi connectivity index (χ4n) is 3.46. The van der Waals surface area contributed by atoms with E-state index in [-0.39, 0.29) is 11.9 Å². The normalized spacial score (nSPS) is 25.4. The molecule has 1 aliphatic carbocycles. The Morgan fingerprint density at radius 2 is 1.80 bits per heavy atom. The van der Waals surface area contributed by atoms with Crippen molar-refractivity contribution in [3.8, 4) is 5.75 Å². The van der Waals surface area contributed by atoms with Crippen LogP contribution >= 0.6 is 0 Å². The number of rotatable bonds is 3. The van der Waals surface area contributed by atoms with Crippen molar-refractivity contribution in [2.45, 2.75) is 59.0 Å². The summed E-state index contributed by atoms with van der Waals surface area (Å²) in [5.41, 5.74) is 1.41. The summed E-state index contributed by atoms with van der Waals surface area (Å²) in [6, 6.07) is 7.24. The molecule has 1 fully saturated rings. The van der Waals surface area contributed by atoms with E-state index < -0.39 is 0 Å². The molecule has 0 aliphatic heterocycles. The number of aliphatic hydroxyl groups excluding tert-OH is 1. The summed E-state index contributed by atoms with van der Waals surface area (Å²) in [5, 5.41) is 19.9. The summed E-state index contributed by atoms with van der Waals surface area (Å²) < 4.78 is 0. The van der Waals surface area contributed by atoms with Gasteiger partial charge in [-0.1, -0.05) is 32.9 Å². The predicted molar refractivity (Wildman–Crippen MR) is 82.7 cm³/mol. The third kappa shape index (κ3) is 3.99. The van der Waals surface area contributed by atoms with Crippen LogP contribution in [0.1, 0.15) is 52.0 Å². The first-order valence-corrected chi connectivity index (χ1v) is 7.82. The third-order valence-electron chi connectivity index (χ3n) is 4.90. The number of phenolic OH excluding ortho intramolecular Hbond substituents is 1. The van der Waals surface area contributed by atoms with E-state index in [1.807, 2.05) is 12.1 Å². The molecular formula is C18H28O2. The highest BCUT2D eigenvalue weighted by Gasteiger charge is 2.32. The first kappa shape index (κ1) is 15.4. The van der Waals surface area contributed by atoms with Crippen molar-refractivity contribution in [1.82, 2.24) is 0 Å². The van der Waals surface area contributed by atoms with Crippen LogP contribution in [0.5, 0.6) is 5.75 Å². The maximum Gasteiger partial charge on any atom is 0.115 e. The Labute approximate surface area is 122 Å². The number of aliphatic hydroxyl groups is 1. The molecule has 0 aromatic heterocycles. The lowest BCUT2D eigenvalue weighted by molar-refractivity contribution is 0.0537. The van der Waals surface area contributed by atoms with Crippen LogP contribution in [0.15, 0.2) is 24.3 Å². The number of hydrogen-bond acceptors (Lipinski definition) is 2. The molecule has 1 aromatic rings. The van der Waals surface area contributed by atoms with Gasteiger partial charge in [0.25, 0.3) is 0 Å². The topological polar surface area (TPSA) is 40.5 Å². The molecule has 1 atom stereocenters. The van der Waals surface area contributed by atoms with E-state index in [0.717, 1.165) is 24.3 Å². The summed E-state index contributed by atoms with van der Waals surface area (Å²) >= 11 is 0. The van der Waals surface area contributed by atoms with E-state index in [9.17, 15) is 10.2 Å². The molecule has 0 spiro atoms. The third-order valence-corrected chi connectivity index (χ3v) is 4.90. The minimum atomic E-state index is -0.280. The van der Waals surface area contributed by atoms with Gasteiger partial charge in [-0.3, -0.25) is 0 Å². The maximum absolute atomic E-state index is 10.4. The van der Waals surface area contributed by atoms with Gasteiger partial charge in [-0.15, -0.1) is 0 Å². The van der Waals surface area contributed by atoms with Crippen molar-refractivity contribution < 1.29 is 10.2 Å². The zero-order valence-corrected chi connectivity index (χ0v) is 13.0. The molecule has 1 unspecified atom stereocenters. The maximum atomic E-state index is 10.4. The molecule has 0 bridgehead atoms. The van der Waals surface area contributed by atoms with Crippen LogP contribution in [0.4, 0.5) is 0 Å². The number of aromatic hydroxyl groups is 1. The van der Waals surface area contributed by atoms with Crippen LogP contribution in [0, 0.1) is 17.3 Å². The fraction of sp³-hybridized carbons (Fsp3) is 0.667. The quantitative estimate of drug-likeness (QED) is 0.870. The monoisotopic (exact) mass is 276 g/mol. The zero-order valence-electron chi connectivity index (χ0n) is 13.0. The van der Waals surface area contributed by atoms with Crippen LogP contribution in [0.25, 0.3) is 0 Å². The molecule has 20 heavy (non-hydrogen) atoms. The fourth-order valence-corrected chi connectivity index (χ4v) is 3.46. The molecule has 2 N–H and O–H groups in total. The summed E-state index contributed by atoms with van der Waals surface area (Å²) in [6.07, 6.45) is 5.08. The van der Waals surface area contributed by atoms with Crippen molar-refractivity contribution in [3.05, 3.63) is 29.8 Å². The molecule has 1 aliphatic rings. The molecule has 1 saturated carbocycles. The first-order valence-electron chi connectivity index (χ1n) is 7.82. The van der Waals surface area contributed by atoms with Gasteiger partial charge in [-0.2, -0.15) is 0 Å². The molecule has 2 rings (SSSR count). The van der Waals surface area contributed by atoms with Crippen LogP contribution in [-0.4, -0.2) is 16.3 Å². The number of hydrogen-bond donors (Lipinski definition) is 2. The molecule has 0 radical (unpaired) electrons. The summed E-state index contributed by atoms with van der Waals surface area (Å²) in [7, 11) is 0. The predicted octanol–water partition coefficient (Wildman–Crippen LogP) is 4.15. The van der Waals surface area contributed by atoms with Gasteiger partial charge in [-0.05, 0) is 67.1 Å². The average molecular weight is 276 g/mol. The van der Waals surface area contributed by atoms with E-state index in [1.54, 1.807) is 12.1 Å². The second-order valence-electron chi connectivity index (χ2n) is 7.42. The van der Waals surface area contributed by atoms with Crippen LogP contribution in [-0.2, 0) is 6.42 Å². The SMILES string of the molecule is CC(C)(C)C1CCC(C(O)Cc2cccc(O)c2)CC1. The highest BCUT2D eigenvalue weighted by Crippen LogP contribution is 2.41. The molecule has 2 heteroatoms. The van der Waals surface area contributed by atoms with Crippen molar-refractivity contribution in [1.29, 1.82) is 0 Å². The Bertz CT molecular complexity index is 425. The largest absolute Gasteiger partial charge is 0.508 e. The van der Waals surface area contributed by atoms with Gasteiger partial charge in [-0.25, -0.2) is 0 Å². The molecule has 0 saturated heterocycles. The lowest BCUT2D eigenvalue weighted by Gasteiger charge is -2.38. The smallest absolute Gasteiger partial charge is 0.115 e. The summed E-state index contributed by atoms with van der Waals surface area (Å²) in [5.74, 6) is 1.48. The van der Waals surface area contributed by atoms with E-state index in [0.29, 0.717) is 17.8 Å². The molecule has 0 amide bonds. The molecule has 0 heterocycles. The van der Waals surface area contributed by atoms with Gasteiger partial charge in [0.2, 0.25) is 0 Å². The minimum absolute atomic E-state index is 0.280. The van der Waals surface area contributed by atoms with Gasteiger partial charge in [0.1, 0.15) is 5.75 Å². The summed E-state index contributed by atoms with van der Waals surface area (Å²) in [6.45, 7) is 6.96. The second-order valence-corrected chi connectivity index (χ2v) is 7.42. The lowest BCUT2D eigenvalue weighted by atomic mass is 9.68. The standard InChI is InChI=1S/C18H28O2/c1-18(2,3)15-9-7-14(8-10-15)17(20)12-13-5-4-6-16(19)11-13/h4-6,11,14-15,17,19-20H,7-10,12H2,1-3H3. The lowest BCUT2D eigenvalue weighted by Crippen LogP contribution is -2.31. The highest BCUT2D eigenvalue weighted by atomic mass is 16.3. The van der Waals surface area contributed by atoms with E-state index in [1.165, 1.54) is 12.8 Å². The minimum Gasteiger partial charge on any atom is -0.508 e. The highest BCUT2D eigenvalue weighted by molar-refractivity contribution is 5.27. The second kappa shape index (κ2) is 6.17. The van der Waals surface area contributed by atoms with Crippen molar-refractivity contribution >= 4 is 0 Å². The number of benzene rings is 1. The van der Waals surface area contributed by atoms with Crippen LogP contribution in [0.2, 0.25) is 0 Å². The first-order chi connectivity index (χ1) is 9.36. The Balaban J connectivity index is 1.87. The molecule has 112 valence electrons. The van der Waals surface area contributed by atoms with E-state index in [2.05, 4.69) is 20.8 Å².